The molecule has 148 valence electrons. The van der Waals surface area contributed by atoms with Gasteiger partial charge in [-0.05, 0) is 50.0 Å². The molecule has 1 aromatic carbocycles. The van der Waals surface area contributed by atoms with Crippen molar-refractivity contribution >= 4 is 11.8 Å². The third kappa shape index (κ3) is 5.70. The highest BCUT2D eigenvalue weighted by molar-refractivity contribution is 5.78. The summed E-state index contributed by atoms with van der Waals surface area (Å²) in [6, 6.07) is 7.85. The molecule has 2 amide bonds. The van der Waals surface area contributed by atoms with E-state index >= 15 is 0 Å². The molecule has 0 saturated carbocycles. The summed E-state index contributed by atoms with van der Waals surface area (Å²) in [4.78, 5) is 31.0. The van der Waals surface area contributed by atoms with Crippen molar-refractivity contribution in [3.05, 3.63) is 29.8 Å². The number of carbonyl (C=O) groups excluding carboxylic acids is 2. The van der Waals surface area contributed by atoms with Crippen LogP contribution in [0.15, 0.2) is 24.3 Å². The van der Waals surface area contributed by atoms with E-state index in [9.17, 15) is 9.59 Å². The van der Waals surface area contributed by atoms with Gasteiger partial charge in [-0.1, -0.05) is 12.1 Å². The standard InChI is InChI=1S/C21H31N3O3/c1-27-19-7-4-18(5-8-19)6-9-20(25)23-14-16-24(17-15-23)21(26)10-13-22-11-2-3-12-22/h4-5,7-8H,2-3,6,9-17H2,1H3. The van der Waals surface area contributed by atoms with Gasteiger partial charge >= 0.3 is 0 Å². The van der Waals surface area contributed by atoms with E-state index in [0.29, 0.717) is 39.0 Å². The fraction of sp³-hybridized carbons (Fsp3) is 0.619. The van der Waals surface area contributed by atoms with E-state index in [0.717, 1.165) is 37.4 Å². The van der Waals surface area contributed by atoms with Crippen LogP contribution in [0.2, 0.25) is 0 Å². The zero-order valence-electron chi connectivity index (χ0n) is 16.4. The van der Waals surface area contributed by atoms with Crippen LogP contribution in [0, 0.1) is 0 Å². The van der Waals surface area contributed by atoms with Gasteiger partial charge in [0.05, 0.1) is 7.11 Å². The van der Waals surface area contributed by atoms with Gasteiger partial charge in [-0.25, -0.2) is 0 Å². The normalized spacial score (nSPS) is 18.0. The first-order valence-electron chi connectivity index (χ1n) is 10.1. The predicted octanol–water partition coefficient (Wildman–Crippen LogP) is 1.78. The van der Waals surface area contributed by atoms with Crippen molar-refractivity contribution in [2.45, 2.75) is 32.1 Å². The van der Waals surface area contributed by atoms with E-state index in [2.05, 4.69) is 4.90 Å². The van der Waals surface area contributed by atoms with E-state index in [1.165, 1.54) is 12.8 Å². The van der Waals surface area contributed by atoms with Crippen LogP contribution in [0.1, 0.15) is 31.2 Å². The van der Waals surface area contributed by atoms with Crippen LogP contribution < -0.4 is 4.74 Å². The predicted molar refractivity (Wildman–Crippen MR) is 105 cm³/mol. The van der Waals surface area contributed by atoms with Crippen molar-refractivity contribution in [1.82, 2.24) is 14.7 Å². The van der Waals surface area contributed by atoms with Crippen LogP contribution >= 0.6 is 0 Å². The van der Waals surface area contributed by atoms with Crippen LogP contribution in [0.4, 0.5) is 0 Å². The molecule has 0 N–H and O–H groups in total. The van der Waals surface area contributed by atoms with Gasteiger partial charge in [0.2, 0.25) is 11.8 Å². The molecular formula is C21H31N3O3. The Labute approximate surface area is 162 Å². The van der Waals surface area contributed by atoms with Crippen molar-refractivity contribution in [1.29, 1.82) is 0 Å². The minimum Gasteiger partial charge on any atom is -0.497 e. The molecule has 6 heteroatoms. The number of ether oxygens (including phenoxy) is 1. The molecule has 0 atom stereocenters. The molecule has 2 fully saturated rings. The van der Waals surface area contributed by atoms with E-state index in [4.69, 9.17) is 4.74 Å². The van der Waals surface area contributed by atoms with Gasteiger partial charge in [-0.2, -0.15) is 0 Å². The number of methoxy groups -OCH3 is 1. The molecule has 27 heavy (non-hydrogen) atoms. The highest BCUT2D eigenvalue weighted by Crippen LogP contribution is 2.14. The van der Waals surface area contributed by atoms with E-state index in [1.807, 2.05) is 34.1 Å². The maximum Gasteiger partial charge on any atom is 0.223 e. The zero-order chi connectivity index (χ0) is 19.1. The number of hydrogen-bond acceptors (Lipinski definition) is 4. The lowest BCUT2D eigenvalue weighted by atomic mass is 10.1. The quantitative estimate of drug-likeness (QED) is 0.731. The smallest absolute Gasteiger partial charge is 0.223 e. The Morgan fingerprint density at radius 3 is 1.96 bits per heavy atom. The molecule has 0 aromatic heterocycles. The van der Waals surface area contributed by atoms with E-state index in [-0.39, 0.29) is 11.8 Å². The average Bonchev–Trinajstić information content (AvgIpc) is 3.24. The first-order valence-corrected chi connectivity index (χ1v) is 10.1. The molecule has 0 aliphatic carbocycles. The summed E-state index contributed by atoms with van der Waals surface area (Å²) in [5.74, 6) is 1.23. The highest BCUT2D eigenvalue weighted by Gasteiger charge is 2.24. The van der Waals surface area contributed by atoms with E-state index < -0.39 is 0 Å². The van der Waals surface area contributed by atoms with Gasteiger partial charge < -0.3 is 19.4 Å². The summed E-state index contributed by atoms with van der Waals surface area (Å²) >= 11 is 0. The third-order valence-electron chi connectivity index (χ3n) is 5.61. The van der Waals surface area contributed by atoms with Crippen molar-refractivity contribution in [2.24, 2.45) is 0 Å². The number of rotatable bonds is 7. The first-order chi connectivity index (χ1) is 13.2. The number of aryl methyl sites for hydroxylation is 1. The molecule has 0 spiro atoms. The monoisotopic (exact) mass is 373 g/mol. The minimum absolute atomic E-state index is 0.176. The lowest BCUT2D eigenvalue weighted by Crippen LogP contribution is -2.51. The van der Waals surface area contributed by atoms with Gasteiger partial charge in [-0.15, -0.1) is 0 Å². The molecule has 1 aromatic rings. The molecule has 0 radical (unpaired) electrons. The SMILES string of the molecule is COc1ccc(CCC(=O)N2CCN(C(=O)CCN3CCCC3)CC2)cc1. The Morgan fingerprint density at radius 1 is 0.852 bits per heavy atom. The maximum absolute atomic E-state index is 12.5. The Balaban J connectivity index is 1.36. The number of piperazine rings is 1. The van der Waals surface area contributed by atoms with Crippen molar-refractivity contribution < 1.29 is 14.3 Å². The summed E-state index contributed by atoms with van der Waals surface area (Å²) in [5, 5.41) is 0. The summed E-state index contributed by atoms with van der Waals surface area (Å²) in [6.45, 7) is 5.75. The maximum atomic E-state index is 12.5. The lowest BCUT2D eigenvalue weighted by molar-refractivity contribution is -0.139. The van der Waals surface area contributed by atoms with Crippen molar-refractivity contribution in [2.75, 3.05) is 52.9 Å². The summed E-state index contributed by atoms with van der Waals surface area (Å²) in [6.07, 6.45) is 4.36. The Kier molecular flexibility index (Phi) is 7.10. The molecule has 2 aliphatic rings. The van der Waals surface area contributed by atoms with Crippen LogP contribution in [0.3, 0.4) is 0 Å². The third-order valence-corrected chi connectivity index (χ3v) is 5.61. The van der Waals surface area contributed by atoms with Gasteiger partial charge in [0.15, 0.2) is 0 Å². The molecule has 6 nitrogen and oxygen atoms in total. The highest BCUT2D eigenvalue weighted by atomic mass is 16.5. The number of amides is 2. The van der Waals surface area contributed by atoms with Crippen LogP contribution in [-0.4, -0.2) is 79.4 Å². The number of likely N-dealkylation sites (tertiary alicyclic amines) is 1. The molecule has 0 unspecified atom stereocenters. The second-order valence-electron chi connectivity index (χ2n) is 7.41. The van der Waals surface area contributed by atoms with Crippen molar-refractivity contribution in [3.63, 3.8) is 0 Å². The molecule has 0 bridgehead atoms. The topological polar surface area (TPSA) is 53.1 Å². The number of nitrogens with zero attached hydrogens (tertiary/aromatic N) is 3. The van der Waals surface area contributed by atoms with Gasteiger partial charge in [-0.3, -0.25) is 9.59 Å². The molecule has 2 heterocycles. The molecule has 3 rings (SSSR count). The second kappa shape index (κ2) is 9.74. The average molecular weight is 373 g/mol. The Hall–Kier alpha value is -2.08. The van der Waals surface area contributed by atoms with Crippen LogP contribution in [0.5, 0.6) is 5.75 Å². The fourth-order valence-electron chi connectivity index (χ4n) is 3.82. The number of benzene rings is 1. The summed E-state index contributed by atoms with van der Waals surface area (Å²) in [5.41, 5.74) is 1.14. The van der Waals surface area contributed by atoms with Gasteiger partial charge in [0.25, 0.3) is 0 Å². The van der Waals surface area contributed by atoms with Crippen LogP contribution in [-0.2, 0) is 16.0 Å². The first kappa shape index (κ1) is 19.7. The lowest BCUT2D eigenvalue weighted by Gasteiger charge is -2.35. The molecule has 2 aliphatic heterocycles. The van der Waals surface area contributed by atoms with Gasteiger partial charge in [0, 0.05) is 45.6 Å². The van der Waals surface area contributed by atoms with E-state index in [1.54, 1.807) is 7.11 Å². The fourth-order valence-corrected chi connectivity index (χ4v) is 3.82. The Bertz CT molecular complexity index is 618. The summed E-state index contributed by atoms with van der Waals surface area (Å²) in [7, 11) is 1.65. The number of carbonyl (C=O) groups is 2. The Morgan fingerprint density at radius 2 is 1.41 bits per heavy atom. The van der Waals surface area contributed by atoms with Gasteiger partial charge in [0.1, 0.15) is 5.75 Å². The zero-order valence-corrected chi connectivity index (χ0v) is 16.4. The molecule has 2 saturated heterocycles. The largest absolute Gasteiger partial charge is 0.497 e. The van der Waals surface area contributed by atoms with Crippen molar-refractivity contribution in [3.8, 4) is 5.75 Å². The minimum atomic E-state index is 0.176. The number of hydrogen-bond donors (Lipinski definition) is 0. The molecular weight excluding hydrogens is 342 g/mol. The second-order valence-corrected chi connectivity index (χ2v) is 7.41. The summed E-state index contributed by atoms with van der Waals surface area (Å²) < 4.78 is 5.16. The van der Waals surface area contributed by atoms with Crippen LogP contribution in [0.25, 0.3) is 0 Å².